The first-order valence-corrected chi connectivity index (χ1v) is 7.77. The monoisotopic (exact) mass is 322 g/mol. The second kappa shape index (κ2) is 6.50. The quantitative estimate of drug-likeness (QED) is 0.842. The lowest BCUT2D eigenvalue weighted by atomic mass is 10.2. The highest BCUT2D eigenvalue weighted by Crippen LogP contribution is 2.28. The van der Waals surface area contributed by atoms with Crippen molar-refractivity contribution < 1.29 is 0 Å². The topological polar surface area (TPSA) is 49.8 Å². The van der Waals surface area contributed by atoms with Crippen LogP contribution in [0.3, 0.4) is 0 Å². The molecule has 1 aliphatic rings. The summed E-state index contributed by atoms with van der Waals surface area (Å²) in [5, 5.41) is 7.84. The van der Waals surface area contributed by atoms with Crippen LogP contribution in [0.1, 0.15) is 25.7 Å². The fourth-order valence-electron chi connectivity index (χ4n) is 2.52. The molecule has 2 aromatic rings. The summed E-state index contributed by atoms with van der Waals surface area (Å²) >= 11 is 12.1. The van der Waals surface area contributed by atoms with Crippen molar-refractivity contribution >= 4 is 40.5 Å². The summed E-state index contributed by atoms with van der Waals surface area (Å²) in [5.41, 5.74) is 0.731. The first kappa shape index (κ1) is 14.4. The average Bonchev–Trinajstić information content (AvgIpc) is 2.96. The zero-order valence-electron chi connectivity index (χ0n) is 11.4. The van der Waals surface area contributed by atoms with E-state index in [1.807, 2.05) is 6.07 Å². The minimum atomic E-state index is 0.516. The van der Waals surface area contributed by atoms with Crippen LogP contribution < -0.4 is 10.6 Å². The highest BCUT2D eigenvalue weighted by Gasteiger charge is 2.15. The Bertz CT molecular complexity index is 627. The van der Waals surface area contributed by atoms with Gasteiger partial charge in [0.25, 0.3) is 0 Å². The van der Waals surface area contributed by atoms with Gasteiger partial charge in [-0.25, -0.2) is 9.97 Å². The van der Waals surface area contributed by atoms with Gasteiger partial charge in [0.05, 0.1) is 10.7 Å². The standard InChI is InChI=1S/C15H16Cl2N4/c16-10-5-6-12(17)13(7-10)21-15-8-14(18-9-19-15)20-11-3-1-2-4-11/h5-9,11H,1-4H2,(H2,18,19,20,21). The van der Waals surface area contributed by atoms with Crippen LogP contribution in [0.15, 0.2) is 30.6 Å². The van der Waals surface area contributed by atoms with Crippen molar-refractivity contribution in [3.05, 3.63) is 40.6 Å². The van der Waals surface area contributed by atoms with Crippen molar-refractivity contribution in [2.45, 2.75) is 31.7 Å². The molecule has 110 valence electrons. The molecule has 2 N–H and O–H groups in total. The molecule has 0 spiro atoms. The number of benzene rings is 1. The van der Waals surface area contributed by atoms with Gasteiger partial charge in [0.15, 0.2) is 0 Å². The number of aromatic nitrogens is 2. The Morgan fingerprint density at radius 3 is 2.57 bits per heavy atom. The van der Waals surface area contributed by atoms with Crippen LogP contribution in [-0.2, 0) is 0 Å². The van der Waals surface area contributed by atoms with Gasteiger partial charge in [-0.3, -0.25) is 0 Å². The molecule has 0 amide bonds. The molecule has 3 rings (SSSR count). The third kappa shape index (κ3) is 3.77. The summed E-state index contributed by atoms with van der Waals surface area (Å²) in [5.74, 6) is 1.52. The highest BCUT2D eigenvalue weighted by atomic mass is 35.5. The second-order valence-electron chi connectivity index (χ2n) is 5.16. The van der Waals surface area contributed by atoms with Gasteiger partial charge in [0.1, 0.15) is 18.0 Å². The fraction of sp³-hybridized carbons (Fsp3) is 0.333. The molecule has 1 aromatic carbocycles. The van der Waals surface area contributed by atoms with Gasteiger partial charge in [0.2, 0.25) is 0 Å². The summed E-state index contributed by atoms with van der Waals surface area (Å²) in [7, 11) is 0. The second-order valence-corrected chi connectivity index (χ2v) is 6.01. The zero-order valence-corrected chi connectivity index (χ0v) is 13.0. The van der Waals surface area contributed by atoms with E-state index >= 15 is 0 Å². The van der Waals surface area contributed by atoms with Crippen LogP contribution in [0.2, 0.25) is 10.0 Å². The van der Waals surface area contributed by atoms with E-state index < -0.39 is 0 Å². The van der Waals surface area contributed by atoms with Gasteiger partial charge in [-0.1, -0.05) is 36.0 Å². The summed E-state index contributed by atoms with van der Waals surface area (Å²) < 4.78 is 0. The molecule has 1 aromatic heterocycles. The van der Waals surface area contributed by atoms with Crippen LogP contribution in [0, 0.1) is 0 Å². The molecule has 0 unspecified atom stereocenters. The third-order valence-corrected chi connectivity index (χ3v) is 4.13. The smallest absolute Gasteiger partial charge is 0.135 e. The first-order chi connectivity index (χ1) is 10.2. The maximum absolute atomic E-state index is 6.14. The lowest BCUT2D eigenvalue weighted by Crippen LogP contribution is -2.15. The summed E-state index contributed by atoms with van der Waals surface area (Å²) in [6, 6.07) is 7.68. The van der Waals surface area contributed by atoms with Gasteiger partial charge in [0, 0.05) is 17.1 Å². The minimum Gasteiger partial charge on any atom is -0.367 e. The Morgan fingerprint density at radius 2 is 1.76 bits per heavy atom. The van der Waals surface area contributed by atoms with Crippen molar-refractivity contribution in [3.8, 4) is 0 Å². The third-order valence-electron chi connectivity index (χ3n) is 3.57. The van der Waals surface area contributed by atoms with Gasteiger partial charge < -0.3 is 10.6 Å². The minimum absolute atomic E-state index is 0.516. The summed E-state index contributed by atoms with van der Waals surface area (Å²) in [6.07, 6.45) is 6.51. The molecule has 1 aliphatic carbocycles. The van der Waals surface area contributed by atoms with Crippen LogP contribution in [0.4, 0.5) is 17.3 Å². The largest absolute Gasteiger partial charge is 0.367 e. The Balaban J connectivity index is 1.74. The molecule has 0 radical (unpaired) electrons. The molecule has 4 nitrogen and oxygen atoms in total. The van der Waals surface area contributed by atoms with E-state index in [2.05, 4.69) is 20.6 Å². The van der Waals surface area contributed by atoms with E-state index in [4.69, 9.17) is 23.2 Å². The fourth-order valence-corrected chi connectivity index (χ4v) is 2.85. The van der Waals surface area contributed by atoms with Crippen molar-refractivity contribution in [2.24, 2.45) is 0 Å². The molecule has 1 saturated carbocycles. The van der Waals surface area contributed by atoms with Crippen LogP contribution >= 0.6 is 23.2 Å². The van der Waals surface area contributed by atoms with Crippen LogP contribution in [0.5, 0.6) is 0 Å². The first-order valence-electron chi connectivity index (χ1n) is 7.01. The summed E-state index contributed by atoms with van der Waals surface area (Å²) in [6.45, 7) is 0. The molecule has 0 aliphatic heterocycles. The predicted molar refractivity (Wildman–Crippen MR) is 87.7 cm³/mol. The van der Waals surface area contributed by atoms with Crippen molar-refractivity contribution in [2.75, 3.05) is 10.6 Å². The van der Waals surface area contributed by atoms with Crippen molar-refractivity contribution in [3.63, 3.8) is 0 Å². The van der Waals surface area contributed by atoms with Crippen molar-refractivity contribution in [1.29, 1.82) is 0 Å². The number of rotatable bonds is 4. The Morgan fingerprint density at radius 1 is 1.00 bits per heavy atom. The van der Waals surface area contributed by atoms with E-state index in [0.717, 1.165) is 11.5 Å². The van der Waals surface area contributed by atoms with Crippen LogP contribution in [-0.4, -0.2) is 16.0 Å². The van der Waals surface area contributed by atoms with Crippen LogP contribution in [0.25, 0.3) is 0 Å². The number of nitrogens with one attached hydrogen (secondary N) is 2. The molecule has 0 saturated heterocycles. The number of nitrogens with zero attached hydrogens (tertiary/aromatic N) is 2. The number of halogens is 2. The molecule has 0 atom stereocenters. The molecule has 21 heavy (non-hydrogen) atoms. The van der Waals surface area contributed by atoms with Gasteiger partial charge in [-0.05, 0) is 31.0 Å². The van der Waals surface area contributed by atoms with E-state index in [1.54, 1.807) is 18.2 Å². The maximum Gasteiger partial charge on any atom is 0.135 e. The van der Waals surface area contributed by atoms with E-state index in [0.29, 0.717) is 21.9 Å². The molecular weight excluding hydrogens is 307 g/mol. The maximum atomic E-state index is 6.14. The lowest BCUT2D eigenvalue weighted by Gasteiger charge is -2.13. The van der Waals surface area contributed by atoms with E-state index in [9.17, 15) is 0 Å². The van der Waals surface area contributed by atoms with Gasteiger partial charge in [-0.15, -0.1) is 0 Å². The molecule has 6 heteroatoms. The molecule has 1 fully saturated rings. The number of hydrogen-bond donors (Lipinski definition) is 2. The summed E-state index contributed by atoms with van der Waals surface area (Å²) in [4.78, 5) is 8.48. The van der Waals surface area contributed by atoms with Gasteiger partial charge in [-0.2, -0.15) is 0 Å². The Hall–Kier alpha value is -1.52. The highest BCUT2D eigenvalue weighted by molar-refractivity contribution is 6.35. The Labute approximate surface area is 133 Å². The average molecular weight is 323 g/mol. The zero-order chi connectivity index (χ0) is 14.7. The number of hydrogen-bond acceptors (Lipinski definition) is 4. The van der Waals surface area contributed by atoms with Crippen molar-refractivity contribution in [1.82, 2.24) is 9.97 Å². The molecular formula is C15H16Cl2N4. The lowest BCUT2D eigenvalue weighted by molar-refractivity contribution is 0.750. The molecule has 1 heterocycles. The van der Waals surface area contributed by atoms with E-state index in [-0.39, 0.29) is 0 Å². The normalized spacial score (nSPS) is 15.1. The predicted octanol–water partition coefficient (Wildman–Crippen LogP) is 4.88. The molecule has 0 bridgehead atoms. The SMILES string of the molecule is Clc1ccc(Cl)c(Nc2cc(NC3CCCC3)ncn2)c1. The Kier molecular flexibility index (Phi) is 4.46. The van der Waals surface area contributed by atoms with Gasteiger partial charge >= 0.3 is 0 Å². The van der Waals surface area contributed by atoms with E-state index in [1.165, 1.54) is 32.0 Å². The number of anilines is 3.